The van der Waals surface area contributed by atoms with Gasteiger partial charge in [-0.05, 0) is 44.1 Å². The Balaban J connectivity index is 1.81. The highest BCUT2D eigenvalue weighted by atomic mass is 19.4. The molecule has 1 unspecified atom stereocenters. The van der Waals surface area contributed by atoms with Crippen molar-refractivity contribution in [1.82, 2.24) is 10.2 Å². The highest BCUT2D eigenvalue weighted by Gasteiger charge is 2.30. The van der Waals surface area contributed by atoms with Crippen molar-refractivity contribution in [1.29, 1.82) is 0 Å². The first-order chi connectivity index (χ1) is 9.42. The lowest BCUT2D eigenvalue weighted by atomic mass is 10.1. The van der Waals surface area contributed by atoms with E-state index in [0.29, 0.717) is 12.6 Å². The zero-order valence-electron chi connectivity index (χ0n) is 11.4. The standard InChI is InChI=1S/C14H19F3N2O/c1-19-8-2-3-12(10-19)18-9-11-4-6-13(7-5-11)20-14(15,16)17/h4-7,12,18H,2-3,8-10H2,1H3. The van der Waals surface area contributed by atoms with Crippen LogP contribution in [0.25, 0.3) is 0 Å². The summed E-state index contributed by atoms with van der Waals surface area (Å²) in [6.07, 6.45) is -2.32. The fourth-order valence-corrected chi connectivity index (χ4v) is 2.40. The lowest BCUT2D eigenvalue weighted by molar-refractivity contribution is -0.274. The molecule has 1 saturated heterocycles. The maximum Gasteiger partial charge on any atom is 0.573 e. The molecule has 0 aliphatic carbocycles. The Morgan fingerprint density at radius 3 is 2.60 bits per heavy atom. The number of nitrogens with zero attached hydrogens (tertiary/aromatic N) is 1. The quantitative estimate of drug-likeness (QED) is 0.922. The average molecular weight is 288 g/mol. The van der Waals surface area contributed by atoms with Crippen molar-refractivity contribution in [2.24, 2.45) is 0 Å². The number of ether oxygens (including phenoxy) is 1. The number of piperidine rings is 1. The Kier molecular flexibility index (Phi) is 4.88. The zero-order valence-corrected chi connectivity index (χ0v) is 11.4. The Bertz CT molecular complexity index is 419. The first kappa shape index (κ1) is 15.1. The minimum absolute atomic E-state index is 0.182. The second-order valence-electron chi connectivity index (χ2n) is 5.17. The van der Waals surface area contributed by atoms with Gasteiger partial charge in [0.25, 0.3) is 0 Å². The second kappa shape index (κ2) is 6.45. The van der Waals surface area contributed by atoms with Gasteiger partial charge in [0.1, 0.15) is 5.75 Å². The van der Waals surface area contributed by atoms with Gasteiger partial charge in [-0.15, -0.1) is 13.2 Å². The monoisotopic (exact) mass is 288 g/mol. The third-order valence-corrected chi connectivity index (χ3v) is 3.38. The van der Waals surface area contributed by atoms with Crippen LogP contribution in [0.5, 0.6) is 5.75 Å². The Labute approximate surface area is 116 Å². The topological polar surface area (TPSA) is 24.5 Å². The molecule has 1 N–H and O–H groups in total. The van der Waals surface area contributed by atoms with E-state index in [1.165, 1.54) is 18.6 Å². The molecule has 1 aliphatic rings. The molecule has 2 rings (SSSR count). The molecule has 1 fully saturated rings. The number of alkyl halides is 3. The molecule has 3 nitrogen and oxygen atoms in total. The molecule has 6 heteroatoms. The summed E-state index contributed by atoms with van der Waals surface area (Å²) in [6.45, 7) is 2.79. The molecule has 1 aromatic carbocycles. The Morgan fingerprint density at radius 2 is 2.00 bits per heavy atom. The van der Waals surface area contributed by atoms with Crippen LogP contribution in [0.3, 0.4) is 0 Å². The molecule has 1 aromatic rings. The lowest BCUT2D eigenvalue weighted by Crippen LogP contribution is -2.43. The lowest BCUT2D eigenvalue weighted by Gasteiger charge is -2.30. The van der Waals surface area contributed by atoms with E-state index in [2.05, 4.69) is 22.0 Å². The smallest absolute Gasteiger partial charge is 0.406 e. The number of nitrogens with one attached hydrogen (secondary N) is 1. The molecule has 0 saturated carbocycles. The minimum atomic E-state index is -4.63. The number of rotatable bonds is 4. The van der Waals surface area contributed by atoms with Crippen LogP contribution >= 0.6 is 0 Å². The van der Waals surface area contributed by atoms with E-state index in [0.717, 1.165) is 25.1 Å². The van der Waals surface area contributed by atoms with Gasteiger partial charge in [-0.2, -0.15) is 0 Å². The highest BCUT2D eigenvalue weighted by molar-refractivity contribution is 5.27. The van der Waals surface area contributed by atoms with Crippen molar-refractivity contribution in [2.75, 3.05) is 20.1 Å². The van der Waals surface area contributed by atoms with Gasteiger partial charge in [0.2, 0.25) is 0 Å². The number of halogens is 3. The van der Waals surface area contributed by atoms with E-state index in [1.54, 1.807) is 12.1 Å². The third kappa shape index (κ3) is 5.02. The molecule has 20 heavy (non-hydrogen) atoms. The summed E-state index contributed by atoms with van der Waals surface area (Å²) in [7, 11) is 2.09. The third-order valence-electron chi connectivity index (χ3n) is 3.38. The van der Waals surface area contributed by atoms with Gasteiger partial charge in [-0.1, -0.05) is 12.1 Å². The summed E-state index contributed by atoms with van der Waals surface area (Å²) in [6, 6.07) is 6.44. The van der Waals surface area contributed by atoms with Gasteiger partial charge in [-0.3, -0.25) is 0 Å². The molecule has 1 aliphatic heterocycles. The molecule has 112 valence electrons. The fourth-order valence-electron chi connectivity index (χ4n) is 2.40. The van der Waals surface area contributed by atoms with Crippen molar-refractivity contribution in [3.8, 4) is 5.75 Å². The molecular weight excluding hydrogens is 269 g/mol. The molecule has 0 amide bonds. The maximum atomic E-state index is 12.0. The SMILES string of the molecule is CN1CCCC(NCc2ccc(OC(F)(F)F)cc2)C1. The number of benzene rings is 1. The van der Waals surface area contributed by atoms with Gasteiger partial charge >= 0.3 is 6.36 Å². The number of hydrogen-bond donors (Lipinski definition) is 1. The van der Waals surface area contributed by atoms with Crippen molar-refractivity contribution in [3.63, 3.8) is 0 Å². The van der Waals surface area contributed by atoms with Gasteiger partial charge in [-0.25, -0.2) is 0 Å². The summed E-state index contributed by atoms with van der Waals surface area (Å²) in [5, 5.41) is 3.43. The van der Waals surface area contributed by atoms with Crippen LogP contribution in [0.15, 0.2) is 24.3 Å². The summed E-state index contributed by atoms with van der Waals surface area (Å²) in [4.78, 5) is 2.28. The summed E-state index contributed by atoms with van der Waals surface area (Å²) in [5.41, 5.74) is 0.952. The summed E-state index contributed by atoms with van der Waals surface area (Å²) >= 11 is 0. The van der Waals surface area contributed by atoms with E-state index in [1.807, 2.05) is 0 Å². The van der Waals surface area contributed by atoms with Crippen LogP contribution in [0.4, 0.5) is 13.2 Å². The van der Waals surface area contributed by atoms with Crippen molar-refractivity contribution in [2.45, 2.75) is 31.8 Å². The van der Waals surface area contributed by atoms with E-state index in [-0.39, 0.29) is 5.75 Å². The first-order valence-corrected chi connectivity index (χ1v) is 6.69. The molecule has 0 radical (unpaired) electrons. The van der Waals surface area contributed by atoms with Crippen LogP contribution in [0.1, 0.15) is 18.4 Å². The summed E-state index contributed by atoms with van der Waals surface area (Å²) < 4.78 is 39.9. The normalized spacial score (nSPS) is 20.9. The van der Waals surface area contributed by atoms with Gasteiger partial charge in [0.05, 0.1) is 0 Å². The fraction of sp³-hybridized carbons (Fsp3) is 0.571. The molecule has 1 atom stereocenters. The van der Waals surface area contributed by atoms with E-state index >= 15 is 0 Å². The molecule has 0 bridgehead atoms. The predicted octanol–water partition coefficient (Wildman–Crippen LogP) is 2.77. The molecular formula is C14H19F3N2O. The number of likely N-dealkylation sites (tertiary alicyclic amines) is 1. The van der Waals surface area contributed by atoms with Crippen molar-refractivity contribution in [3.05, 3.63) is 29.8 Å². The maximum absolute atomic E-state index is 12.0. The Morgan fingerprint density at radius 1 is 1.30 bits per heavy atom. The summed E-state index contributed by atoms with van der Waals surface area (Å²) in [5.74, 6) is -0.182. The Hall–Kier alpha value is -1.27. The number of hydrogen-bond acceptors (Lipinski definition) is 3. The van der Waals surface area contributed by atoms with Crippen LogP contribution in [-0.2, 0) is 6.54 Å². The average Bonchev–Trinajstić information content (AvgIpc) is 2.36. The van der Waals surface area contributed by atoms with Crippen LogP contribution in [-0.4, -0.2) is 37.4 Å². The molecule has 1 heterocycles. The van der Waals surface area contributed by atoms with Crippen molar-refractivity contribution < 1.29 is 17.9 Å². The van der Waals surface area contributed by atoms with Crippen LogP contribution < -0.4 is 10.1 Å². The minimum Gasteiger partial charge on any atom is -0.406 e. The zero-order chi connectivity index (χ0) is 14.6. The first-order valence-electron chi connectivity index (χ1n) is 6.69. The van der Waals surface area contributed by atoms with Crippen molar-refractivity contribution >= 4 is 0 Å². The van der Waals surface area contributed by atoms with Crippen LogP contribution in [0.2, 0.25) is 0 Å². The predicted molar refractivity (Wildman–Crippen MR) is 70.5 cm³/mol. The second-order valence-corrected chi connectivity index (χ2v) is 5.17. The van der Waals surface area contributed by atoms with E-state index in [4.69, 9.17) is 0 Å². The van der Waals surface area contributed by atoms with Gasteiger partial charge in [0, 0.05) is 19.1 Å². The molecule has 0 aromatic heterocycles. The van der Waals surface area contributed by atoms with E-state index < -0.39 is 6.36 Å². The molecule has 0 spiro atoms. The van der Waals surface area contributed by atoms with Gasteiger partial charge in [0.15, 0.2) is 0 Å². The van der Waals surface area contributed by atoms with Crippen LogP contribution in [0, 0.1) is 0 Å². The highest BCUT2D eigenvalue weighted by Crippen LogP contribution is 2.22. The van der Waals surface area contributed by atoms with E-state index in [9.17, 15) is 13.2 Å². The van der Waals surface area contributed by atoms with Gasteiger partial charge < -0.3 is 15.0 Å². The number of likely N-dealkylation sites (N-methyl/N-ethyl adjacent to an activating group) is 1. The largest absolute Gasteiger partial charge is 0.573 e.